The van der Waals surface area contributed by atoms with Gasteiger partial charge in [-0.1, -0.05) is 12.1 Å². The van der Waals surface area contributed by atoms with E-state index in [2.05, 4.69) is 20.6 Å². The maximum absolute atomic E-state index is 13.3. The number of amides is 1. The lowest BCUT2D eigenvalue weighted by atomic mass is 10.2. The predicted molar refractivity (Wildman–Crippen MR) is 123 cm³/mol. The number of hydrogen-bond acceptors (Lipinski definition) is 7. The molecule has 3 aromatic heterocycles. The number of aromatic nitrogens is 5. The van der Waals surface area contributed by atoms with Crippen molar-refractivity contribution in [1.82, 2.24) is 29.0 Å². The van der Waals surface area contributed by atoms with Gasteiger partial charge in [0.2, 0.25) is 5.91 Å². The molecule has 0 saturated heterocycles. The number of hydrogen-bond donors (Lipinski definition) is 2. The van der Waals surface area contributed by atoms with Crippen LogP contribution in [-0.4, -0.2) is 41.9 Å². The normalized spacial score (nSPS) is 13.0. The minimum atomic E-state index is -0.679. The van der Waals surface area contributed by atoms with Crippen molar-refractivity contribution in [2.75, 3.05) is 11.9 Å². The van der Waals surface area contributed by atoms with Crippen LogP contribution in [0.4, 0.5) is 5.82 Å². The van der Waals surface area contributed by atoms with Gasteiger partial charge in [-0.3, -0.25) is 23.5 Å². The number of aryl methyl sites for hydroxylation is 2. The summed E-state index contributed by atoms with van der Waals surface area (Å²) in [5.74, 6) is -0.0123. The number of anilines is 1. The van der Waals surface area contributed by atoms with Crippen molar-refractivity contribution < 1.29 is 9.59 Å². The number of nitrogens with one attached hydrogen (secondary N) is 2. The molecular formula is C22H23N7O4. The van der Waals surface area contributed by atoms with Gasteiger partial charge in [-0.15, -0.1) is 0 Å². The lowest BCUT2D eigenvalue weighted by Gasteiger charge is -2.13. The monoisotopic (exact) mass is 449 g/mol. The molecule has 33 heavy (non-hydrogen) atoms. The molecule has 0 fully saturated rings. The summed E-state index contributed by atoms with van der Waals surface area (Å²) in [6, 6.07) is 5.25. The standard InChI is InChI=1S/C22H23N7O4/c1-13-5-4-6-16(24-13)25-17(31)12-28-18-20(26-19(28)15-7-9-23-10-8-15)27(3)22(33)29(21(18)32)11-14(2)30/h4-9,23H,10-12H2,1-3H3,(H,24,25,31). The van der Waals surface area contributed by atoms with E-state index in [0.717, 1.165) is 10.3 Å². The van der Waals surface area contributed by atoms with Crippen molar-refractivity contribution in [3.63, 3.8) is 0 Å². The van der Waals surface area contributed by atoms with Gasteiger partial charge in [-0.2, -0.15) is 0 Å². The molecule has 0 atom stereocenters. The van der Waals surface area contributed by atoms with Crippen molar-refractivity contribution in [2.45, 2.75) is 26.9 Å². The van der Waals surface area contributed by atoms with Gasteiger partial charge in [0.25, 0.3) is 5.56 Å². The smallest absolute Gasteiger partial charge is 0.332 e. The first kappa shape index (κ1) is 21.9. The largest absolute Gasteiger partial charge is 0.387 e. The van der Waals surface area contributed by atoms with Crippen LogP contribution in [0.2, 0.25) is 0 Å². The van der Waals surface area contributed by atoms with E-state index in [0.29, 0.717) is 23.8 Å². The maximum atomic E-state index is 13.3. The van der Waals surface area contributed by atoms with Crippen LogP contribution >= 0.6 is 0 Å². The van der Waals surface area contributed by atoms with Gasteiger partial charge >= 0.3 is 5.69 Å². The lowest BCUT2D eigenvalue weighted by Crippen LogP contribution is -2.41. The molecule has 0 saturated carbocycles. The average Bonchev–Trinajstić information content (AvgIpc) is 3.15. The van der Waals surface area contributed by atoms with E-state index < -0.39 is 17.2 Å². The number of ketones is 1. The fourth-order valence-corrected chi connectivity index (χ4v) is 3.67. The minimum absolute atomic E-state index is 0.0635. The third-order valence-corrected chi connectivity index (χ3v) is 5.15. The molecule has 0 unspecified atom stereocenters. The molecule has 0 radical (unpaired) electrons. The third kappa shape index (κ3) is 4.25. The van der Waals surface area contributed by atoms with E-state index in [1.807, 2.05) is 19.1 Å². The Morgan fingerprint density at radius 3 is 2.61 bits per heavy atom. The Morgan fingerprint density at radius 1 is 1.15 bits per heavy atom. The average molecular weight is 449 g/mol. The van der Waals surface area contributed by atoms with E-state index in [4.69, 9.17) is 0 Å². The molecule has 1 aliphatic rings. The first-order valence-electron chi connectivity index (χ1n) is 10.3. The van der Waals surface area contributed by atoms with Crippen molar-refractivity contribution >= 4 is 34.2 Å². The number of fused-ring (bicyclic) bond motifs is 1. The number of carbonyl (C=O) groups is 2. The van der Waals surface area contributed by atoms with Crippen molar-refractivity contribution in [3.05, 3.63) is 68.9 Å². The van der Waals surface area contributed by atoms with Gasteiger partial charge in [0.15, 0.2) is 11.2 Å². The Morgan fingerprint density at radius 2 is 1.94 bits per heavy atom. The molecule has 170 valence electrons. The van der Waals surface area contributed by atoms with Crippen molar-refractivity contribution in [3.8, 4) is 0 Å². The first-order valence-corrected chi connectivity index (χ1v) is 10.3. The number of dihydropyridines is 1. The molecule has 4 rings (SSSR count). The predicted octanol–water partition coefficient (Wildman–Crippen LogP) is 0.328. The third-order valence-electron chi connectivity index (χ3n) is 5.15. The molecular weight excluding hydrogens is 426 g/mol. The van der Waals surface area contributed by atoms with Crippen LogP contribution in [0.15, 0.2) is 46.1 Å². The summed E-state index contributed by atoms with van der Waals surface area (Å²) in [7, 11) is 1.48. The van der Waals surface area contributed by atoms with Crippen LogP contribution in [0.1, 0.15) is 18.4 Å². The van der Waals surface area contributed by atoms with Gasteiger partial charge in [-0.25, -0.2) is 14.8 Å². The van der Waals surface area contributed by atoms with E-state index in [1.165, 1.54) is 23.1 Å². The van der Waals surface area contributed by atoms with Crippen LogP contribution in [0.25, 0.3) is 16.7 Å². The van der Waals surface area contributed by atoms with E-state index in [1.54, 1.807) is 24.4 Å². The van der Waals surface area contributed by atoms with E-state index in [-0.39, 0.29) is 30.0 Å². The highest BCUT2D eigenvalue weighted by molar-refractivity contribution is 5.91. The lowest BCUT2D eigenvalue weighted by molar-refractivity contribution is -0.118. The number of nitrogens with zero attached hydrogens (tertiary/aromatic N) is 5. The van der Waals surface area contributed by atoms with Crippen LogP contribution in [0, 0.1) is 6.92 Å². The summed E-state index contributed by atoms with van der Waals surface area (Å²) < 4.78 is 3.55. The number of allylic oxidation sites excluding steroid dienone is 2. The van der Waals surface area contributed by atoms with Crippen molar-refractivity contribution in [1.29, 1.82) is 0 Å². The number of Topliss-reactive ketones (excluding diaryl/α,β-unsaturated/α-hetero) is 1. The molecule has 3 aromatic rings. The fraction of sp³-hybridized carbons (Fsp3) is 0.273. The van der Waals surface area contributed by atoms with Crippen LogP contribution in [-0.2, 0) is 29.7 Å². The first-order chi connectivity index (χ1) is 15.8. The molecule has 4 heterocycles. The van der Waals surface area contributed by atoms with Gasteiger partial charge in [0, 0.05) is 24.9 Å². The van der Waals surface area contributed by atoms with Crippen LogP contribution in [0.3, 0.4) is 0 Å². The van der Waals surface area contributed by atoms with Crippen molar-refractivity contribution in [2.24, 2.45) is 7.05 Å². The topological polar surface area (TPSA) is 133 Å². The van der Waals surface area contributed by atoms with Crippen LogP contribution < -0.4 is 21.9 Å². The number of pyridine rings is 1. The molecule has 0 aliphatic carbocycles. The molecule has 0 bridgehead atoms. The molecule has 11 heteroatoms. The highest BCUT2D eigenvalue weighted by Gasteiger charge is 2.23. The molecule has 11 nitrogen and oxygen atoms in total. The summed E-state index contributed by atoms with van der Waals surface area (Å²) in [4.78, 5) is 59.4. The Balaban J connectivity index is 1.88. The van der Waals surface area contributed by atoms with Gasteiger partial charge in [0.05, 0.1) is 6.54 Å². The Bertz CT molecular complexity index is 1460. The van der Waals surface area contributed by atoms with Crippen LogP contribution in [0.5, 0.6) is 0 Å². The summed E-state index contributed by atoms with van der Waals surface area (Å²) in [6.07, 6.45) is 5.38. The second kappa shape index (κ2) is 8.69. The highest BCUT2D eigenvalue weighted by atomic mass is 16.2. The van der Waals surface area contributed by atoms with E-state index >= 15 is 0 Å². The number of imidazole rings is 1. The zero-order valence-corrected chi connectivity index (χ0v) is 18.5. The van der Waals surface area contributed by atoms with Gasteiger partial charge in [-0.05, 0) is 38.3 Å². The van der Waals surface area contributed by atoms with Gasteiger partial charge < -0.3 is 15.2 Å². The SMILES string of the molecule is CC(=O)Cn1c(=O)c2c(nc(C3=CCNC=C3)n2CC(=O)Nc2cccc(C)n2)n(C)c1=O. The van der Waals surface area contributed by atoms with Gasteiger partial charge in [0.1, 0.15) is 24.0 Å². The quantitative estimate of drug-likeness (QED) is 0.554. The molecule has 0 spiro atoms. The van der Waals surface area contributed by atoms with E-state index in [9.17, 15) is 19.2 Å². The molecule has 1 aliphatic heterocycles. The maximum Gasteiger partial charge on any atom is 0.332 e. The summed E-state index contributed by atoms with van der Waals surface area (Å²) in [5.41, 5.74) is 0.303. The summed E-state index contributed by atoms with van der Waals surface area (Å²) >= 11 is 0. The summed E-state index contributed by atoms with van der Waals surface area (Å²) in [6.45, 7) is 3.04. The Hall–Kier alpha value is -4.28. The highest BCUT2D eigenvalue weighted by Crippen LogP contribution is 2.21. The molecule has 1 amide bonds. The number of carbonyl (C=O) groups excluding carboxylic acids is 2. The second-order valence-corrected chi connectivity index (χ2v) is 7.74. The fourth-order valence-electron chi connectivity index (χ4n) is 3.67. The zero-order chi connectivity index (χ0) is 23.7. The molecule has 2 N–H and O–H groups in total. The number of rotatable bonds is 6. The molecule has 0 aromatic carbocycles. The Labute approximate surface area is 188 Å². The second-order valence-electron chi connectivity index (χ2n) is 7.74. The zero-order valence-electron chi connectivity index (χ0n) is 18.5. The summed E-state index contributed by atoms with van der Waals surface area (Å²) in [5, 5.41) is 5.77. The Kier molecular flexibility index (Phi) is 5.78. The minimum Gasteiger partial charge on any atom is -0.387 e.